The normalized spacial score (nSPS) is 18.9. The van der Waals surface area contributed by atoms with E-state index in [1.54, 1.807) is 0 Å². The Bertz CT molecular complexity index is 1020. The zero-order chi connectivity index (χ0) is 26.3. The van der Waals surface area contributed by atoms with Crippen molar-refractivity contribution in [2.75, 3.05) is 26.2 Å². The summed E-state index contributed by atoms with van der Waals surface area (Å²) >= 11 is 0. The zero-order valence-corrected chi connectivity index (χ0v) is 23.2. The number of nitrogens with zero attached hydrogens (tertiary/aromatic N) is 1. The molecule has 1 radical (unpaired) electrons. The molecule has 0 saturated carbocycles. The van der Waals surface area contributed by atoms with Crippen LogP contribution in [0, 0.1) is 23.6 Å². The van der Waals surface area contributed by atoms with Gasteiger partial charge in [0.1, 0.15) is 0 Å². The van der Waals surface area contributed by atoms with E-state index in [1.807, 2.05) is 6.42 Å². The molecule has 2 aromatic rings. The second kappa shape index (κ2) is 13.6. The predicted octanol–water partition coefficient (Wildman–Crippen LogP) is 5.53. The van der Waals surface area contributed by atoms with Gasteiger partial charge in [0.25, 0.3) is 0 Å². The first-order valence-electron chi connectivity index (χ1n) is 12.2. The Morgan fingerprint density at radius 2 is 1.76 bits per heavy atom. The number of nitrogens with one attached hydrogen (secondary N) is 1. The van der Waals surface area contributed by atoms with E-state index in [9.17, 15) is 27.2 Å². The second-order valence-corrected chi connectivity index (χ2v) is 9.81. The van der Waals surface area contributed by atoms with Crippen molar-refractivity contribution >= 4 is 12.2 Å². The van der Waals surface area contributed by atoms with Gasteiger partial charge in [-0.25, -0.2) is 0 Å². The van der Waals surface area contributed by atoms with Gasteiger partial charge < -0.3 is 26.2 Å². The second-order valence-electron chi connectivity index (χ2n) is 9.81. The average molecular weight is 597 g/mol. The molecule has 4 rings (SSSR count). The van der Waals surface area contributed by atoms with Crippen LogP contribution in [-0.4, -0.2) is 43.3 Å². The largest absolute Gasteiger partial charge is 2.00 e. The number of piperidine rings is 2. The third kappa shape index (κ3) is 8.18. The van der Waals surface area contributed by atoms with E-state index >= 15 is 0 Å². The van der Waals surface area contributed by atoms with Crippen LogP contribution >= 0.6 is 0 Å². The molecule has 1 N–H and O–H groups in total. The molecule has 2 aliphatic rings. The zero-order valence-electron chi connectivity index (χ0n) is 21.0. The van der Waals surface area contributed by atoms with E-state index in [0.29, 0.717) is 35.4 Å². The van der Waals surface area contributed by atoms with E-state index < -0.39 is 23.1 Å². The van der Waals surface area contributed by atoms with Gasteiger partial charge in [-0.1, -0.05) is 56.3 Å². The molecule has 2 fully saturated rings. The van der Waals surface area contributed by atoms with Crippen LogP contribution in [-0.2, 0) is 38.1 Å². The first-order chi connectivity index (χ1) is 17.1. The molecule has 2 heterocycles. The molecule has 9 heteroatoms. The van der Waals surface area contributed by atoms with E-state index in [2.05, 4.69) is 54.4 Å². The Hall–Kier alpha value is -2.13. The minimum atomic E-state index is -4.57. The van der Waals surface area contributed by atoms with Gasteiger partial charge in [0.05, 0.1) is 12.2 Å². The molecule has 0 bridgehead atoms. The van der Waals surface area contributed by atoms with Crippen molar-refractivity contribution in [3.63, 3.8) is 0 Å². The molecule has 2 aromatic carbocycles. The first kappa shape index (κ1) is 31.1. The number of carbonyl (C=O) groups excluding carboxylic acids is 2. The van der Waals surface area contributed by atoms with E-state index in [0.717, 1.165) is 45.3 Å². The van der Waals surface area contributed by atoms with Crippen molar-refractivity contribution in [3.8, 4) is 0 Å². The molecule has 37 heavy (non-hydrogen) atoms. The quantitative estimate of drug-likeness (QED) is 0.287. The van der Waals surface area contributed by atoms with Crippen LogP contribution in [0.3, 0.4) is 0 Å². The van der Waals surface area contributed by atoms with Gasteiger partial charge >= 0.3 is 28.6 Å². The van der Waals surface area contributed by atoms with Crippen LogP contribution in [0.2, 0.25) is 0 Å². The third-order valence-electron chi connectivity index (χ3n) is 7.04. The van der Waals surface area contributed by atoms with Crippen LogP contribution in [0.1, 0.15) is 55.7 Å². The smallest absolute Gasteiger partial charge is 0.376 e. The molecule has 0 aromatic heterocycles. The number of benzene rings is 2. The summed E-state index contributed by atoms with van der Waals surface area (Å²) in [5.41, 5.74) is 0.0385. The summed E-state index contributed by atoms with van der Waals surface area (Å²) in [4.78, 5) is 24.3. The van der Waals surface area contributed by atoms with E-state index in [-0.39, 0.29) is 28.3 Å². The number of likely N-dealkylation sites (tertiary alicyclic amines) is 1. The van der Waals surface area contributed by atoms with Crippen molar-refractivity contribution < 1.29 is 49.5 Å². The summed E-state index contributed by atoms with van der Waals surface area (Å²) < 4.78 is 48.5. The molecular weight excluding hydrogens is 565 g/mol. The summed E-state index contributed by atoms with van der Waals surface area (Å²) in [6.07, 6.45) is 1.86. The molecule has 1 unspecified atom stereocenters. The first-order valence-corrected chi connectivity index (χ1v) is 12.2. The average Bonchev–Trinajstić information content (AvgIpc) is 2.85. The number of hydrogen-bond donors (Lipinski definition) is 1. The van der Waals surface area contributed by atoms with Crippen LogP contribution in [0.4, 0.5) is 17.6 Å². The number of halogens is 4. The summed E-state index contributed by atoms with van der Waals surface area (Å²) in [7, 11) is 0. The van der Waals surface area contributed by atoms with Crippen molar-refractivity contribution in [2.45, 2.75) is 45.2 Å². The molecule has 1 atom stereocenters. The number of hydrogen-bond acceptors (Lipinski definition) is 3. The van der Waals surface area contributed by atoms with Gasteiger partial charge in [-0.15, -0.1) is 11.6 Å². The van der Waals surface area contributed by atoms with Gasteiger partial charge in [-0.05, 0) is 42.3 Å². The fourth-order valence-corrected chi connectivity index (χ4v) is 5.07. The summed E-state index contributed by atoms with van der Waals surface area (Å²) in [6, 6.07) is 12.5. The molecule has 0 aliphatic carbocycles. The van der Waals surface area contributed by atoms with Crippen molar-refractivity contribution in [3.05, 3.63) is 77.5 Å². The third-order valence-corrected chi connectivity index (χ3v) is 7.04. The number of rotatable bonds is 4. The van der Waals surface area contributed by atoms with Crippen molar-refractivity contribution in [1.82, 2.24) is 10.2 Å². The molecule has 2 aliphatic heterocycles. The molecule has 4 nitrogen and oxygen atoms in total. The molecule has 199 valence electrons. The number of amides is 1. The Morgan fingerprint density at radius 1 is 1.11 bits per heavy atom. The summed E-state index contributed by atoms with van der Waals surface area (Å²) in [5.74, 6) is 0.112. The van der Waals surface area contributed by atoms with Crippen LogP contribution in [0.5, 0.6) is 0 Å². The number of alkyl halides is 3. The topological polar surface area (TPSA) is 49.4 Å². The van der Waals surface area contributed by atoms with E-state index in [1.165, 1.54) is 12.0 Å². The van der Waals surface area contributed by atoms with Gasteiger partial charge in [0, 0.05) is 31.4 Å². The van der Waals surface area contributed by atoms with Crippen LogP contribution in [0.25, 0.3) is 0 Å². The van der Waals surface area contributed by atoms with Gasteiger partial charge in [0.15, 0.2) is 0 Å². The minimum absolute atomic E-state index is 0. The molecule has 1 spiro atoms. The van der Waals surface area contributed by atoms with Gasteiger partial charge in [0.2, 0.25) is 0 Å². The Kier molecular flexibility index (Phi) is 11.4. The van der Waals surface area contributed by atoms with Crippen molar-refractivity contribution in [2.24, 2.45) is 11.3 Å². The van der Waals surface area contributed by atoms with E-state index in [4.69, 9.17) is 0 Å². The Balaban J connectivity index is 0.000000295. The predicted molar refractivity (Wildman–Crippen MR) is 130 cm³/mol. The standard InChI is InChI=1S/C20H29N2O.C8H3F4O.Nb/c1-16(2)14-19(23)22-12-9-20(10-13-22)8-11-21-15-18(20)17-6-4-3-5-7-17;9-7-2-1-6(8(10,11)12)3-5(7)4-13;/h3-7,14,16,18,21H,8-13,15H2,1-2H3;1-3H;/q2*-1;+2. The monoisotopic (exact) mass is 597 g/mol. The van der Waals surface area contributed by atoms with Gasteiger partial charge in [-0.3, -0.25) is 4.39 Å². The summed E-state index contributed by atoms with van der Waals surface area (Å²) in [5, 5.41) is 3.58. The molecular formula is C28H32F4N2NbO2. The van der Waals surface area contributed by atoms with Gasteiger partial charge in [-0.2, -0.15) is 19.1 Å². The van der Waals surface area contributed by atoms with Crippen LogP contribution < -0.4 is 5.32 Å². The maximum Gasteiger partial charge on any atom is 2.00 e. The molecule has 2 saturated heterocycles. The number of carbonyl (C=O) groups is 1. The Labute approximate surface area is 231 Å². The molecule has 1 amide bonds. The maximum absolute atomic E-state index is 12.5. The SMILES string of the molecule is CC(C)[CH-]C(=O)N1CCC2(CCNCC2c2ccccc2)CC1.O=[C-]c1cc(C(F)(F)F)ccc1F.[Nb+2]. The minimum Gasteiger partial charge on any atom is -0.376 e. The fraction of sp³-hybridized carbons (Fsp3) is 0.464. The Morgan fingerprint density at radius 3 is 2.32 bits per heavy atom. The van der Waals surface area contributed by atoms with Crippen LogP contribution in [0.15, 0.2) is 48.5 Å². The fourth-order valence-electron chi connectivity index (χ4n) is 5.07. The van der Waals surface area contributed by atoms with Crippen molar-refractivity contribution in [1.29, 1.82) is 0 Å². The summed E-state index contributed by atoms with van der Waals surface area (Å²) in [6.45, 7) is 8.13. The maximum atomic E-state index is 12.5.